The predicted molar refractivity (Wildman–Crippen MR) is 138 cm³/mol. The lowest BCUT2D eigenvalue weighted by atomic mass is 9.96. The number of ketones is 1. The van der Waals surface area contributed by atoms with Gasteiger partial charge in [0.05, 0.1) is 12.0 Å². The van der Waals surface area contributed by atoms with Gasteiger partial charge in [-0.2, -0.15) is 0 Å². The smallest absolute Gasteiger partial charge is 0.260 e. The Labute approximate surface area is 216 Å². The fraction of sp³-hybridized carbons (Fsp3) is 0.333. The van der Waals surface area contributed by atoms with Gasteiger partial charge >= 0.3 is 0 Å². The van der Waals surface area contributed by atoms with Gasteiger partial charge in [0.1, 0.15) is 23.4 Å². The molecule has 3 aromatic carbocycles. The Bertz CT molecular complexity index is 1260. The molecule has 0 bridgehead atoms. The van der Waals surface area contributed by atoms with Gasteiger partial charge in [-0.25, -0.2) is 4.39 Å². The summed E-state index contributed by atoms with van der Waals surface area (Å²) >= 11 is 0. The fourth-order valence-corrected chi connectivity index (χ4v) is 5.06. The second-order valence-electron chi connectivity index (χ2n) is 9.89. The number of fused-ring (bicyclic) bond motifs is 1. The summed E-state index contributed by atoms with van der Waals surface area (Å²) in [5.74, 6) is 0.658. The van der Waals surface area contributed by atoms with Crippen LogP contribution in [0.25, 0.3) is 0 Å². The van der Waals surface area contributed by atoms with E-state index in [-0.39, 0.29) is 48.7 Å². The van der Waals surface area contributed by atoms with Crippen LogP contribution in [0.5, 0.6) is 11.5 Å². The van der Waals surface area contributed by atoms with Crippen LogP contribution >= 0.6 is 0 Å². The van der Waals surface area contributed by atoms with Gasteiger partial charge in [-0.15, -0.1) is 0 Å². The largest absolute Gasteiger partial charge is 0.484 e. The van der Waals surface area contributed by atoms with Crippen molar-refractivity contribution < 1.29 is 23.5 Å². The molecule has 7 heteroatoms. The van der Waals surface area contributed by atoms with E-state index < -0.39 is 0 Å². The Morgan fingerprint density at radius 3 is 2.51 bits per heavy atom. The molecule has 3 aromatic rings. The maximum absolute atomic E-state index is 13.2. The zero-order valence-electron chi connectivity index (χ0n) is 21.1. The molecule has 0 saturated carbocycles. The van der Waals surface area contributed by atoms with Crippen LogP contribution in [0.3, 0.4) is 0 Å². The van der Waals surface area contributed by atoms with Crippen LogP contribution in [-0.2, 0) is 11.3 Å². The average molecular weight is 503 g/mol. The molecule has 37 heavy (non-hydrogen) atoms. The number of halogens is 1. The van der Waals surface area contributed by atoms with E-state index in [1.165, 1.54) is 12.1 Å². The number of benzene rings is 3. The number of rotatable bonds is 6. The molecule has 0 radical (unpaired) electrons. The number of hydrogen-bond donors (Lipinski definition) is 0. The van der Waals surface area contributed by atoms with Crippen molar-refractivity contribution in [1.29, 1.82) is 0 Å². The molecule has 0 aliphatic carbocycles. The minimum absolute atomic E-state index is 0.00777. The first-order valence-corrected chi connectivity index (χ1v) is 12.7. The van der Waals surface area contributed by atoms with Crippen LogP contribution in [0.2, 0.25) is 0 Å². The first-order valence-electron chi connectivity index (χ1n) is 12.7. The van der Waals surface area contributed by atoms with E-state index in [1.807, 2.05) is 42.2 Å². The van der Waals surface area contributed by atoms with E-state index in [0.29, 0.717) is 30.2 Å². The maximum Gasteiger partial charge on any atom is 0.260 e. The summed E-state index contributed by atoms with van der Waals surface area (Å²) in [5.41, 5.74) is 2.49. The van der Waals surface area contributed by atoms with E-state index >= 15 is 0 Å². The highest BCUT2D eigenvalue weighted by Gasteiger charge is 2.32. The quantitative estimate of drug-likeness (QED) is 0.473. The minimum Gasteiger partial charge on any atom is -0.484 e. The third-order valence-corrected chi connectivity index (χ3v) is 7.16. The summed E-state index contributed by atoms with van der Waals surface area (Å²) in [6.45, 7) is 6.03. The van der Waals surface area contributed by atoms with Crippen LogP contribution in [0.4, 0.5) is 4.39 Å². The van der Waals surface area contributed by atoms with E-state index in [1.54, 1.807) is 30.3 Å². The molecule has 0 N–H and O–H groups in total. The standard InChI is InChI=1S/C30H31FN2O4/c1-20-17-33(21(2)16-32(20)18-22-8-10-24(31)11-9-22)30(35)19-36-25-12-13-28-26(14-25)27(34)15-29(37-28)23-6-4-3-5-7-23/h3-14,20-21,29H,15-19H2,1-2H3. The number of ether oxygens (including phenoxy) is 2. The van der Waals surface area contributed by atoms with Gasteiger partial charge in [0.2, 0.25) is 0 Å². The van der Waals surface area contributed by atoms with E-state index in [0.717, 1.165) is 17.7 Å². The number of piperazine rings is 1. The highest BCUT2D eigenvalue weighted by molar-refractivity contribution is 6.00. The highest BCUT2D eigenvalue weighted by Crippen LogP contribution is 2.36. The van der Waals surface area contributed by atoms with Crippen LogP contribution < -0.4 is 9.47 Å². The Balaban J connectivity index is 1.17. The van der Waals surface area contributed by atoms with Gasteiger partial charge in [0.15, 0.2) is 12.4 Å². The Morgan fingerprint density at radius 2 is 1.76 bits per heavy atom. The molecule has 3 atom stereocenters. The Hall–Kier alpha value is -3.71. The van der Waals surface area contributed by atoms with E-state index in [9.17, 15) is 14.0 Å². The van der Waals surface area contributed by atoms with Gasteiger partial charge in [-0.05, 0) is 55.3 Å². The molecule has 2 aliphatic rings. The molecule has 192 valence electrons. The number of amides is 1. The monoisotopic (exact) mass is 502 g/mol. The van der Waals surface area contributed by atoms with Crippen LogP contribution in [0, 0.1) is 5.82 Å². The van der Waals surface area contributed by atoms with E-state index in [4.69, 9.17) is 9.47 Å². The van der Waals surface area contributed by atoms with Crippen molar-refractivity contribution in [3.05, 3.63) is 95.3 Å². The van der Waals surface area contributed by atoms with Crippen molar-refractivity contribution >= 4 is 11.7 Å². The normalized spacial score (nSPS) is 21.8. The summed E-state index contributed by atoms with van der Waals surface area (Å²) in [6.07, 6.45) is -0.0449. The lowest BCUT2D eigenvalue weighted by Gasteiger charge is -2.44. The molecule has 0 aromatic heterocycles. The zero-order chi connectivity index (χ0) is 25.9. The zero-order valence-corrected chi connectivity index (χ0v) is 21.1. The first kappa shape index (κ1) is 25.0. The number of carbonyl (C=O) groups excluding carboxylic acids is 2. The van der Waals surface area contributed by atoms with Gasteiger partial charge in [-0.1, -0.05) is 42.5 Å². The fourth-order valence-electron chi connectivity index (χ4n) is 5.06. The molecule has 2 aliphatic heterocycles. The Kier molecular flexibility index (Phi) is 7.24. The lowest BCUT2D eigenvalue weighted by molar-refractivity contribution is -0.139. The van der Waals surface area contributed by atoms with Crippen molar-refractivity contribution in [2.75, 3.05) is 19.7 Å². The molecule has 1 saturated heterocycles. The second kappa shape index (κ2) is 10.7. The number of Topliss-reactive ketones (excluding diaryl/α,β-unsaturated/α-hetero) is 1. The second-order valence-corrected chi connectivity index (χ2v) is 9.89. The molecule has 1 amide bonds. The number of nitrogens with zero attached hydrogens (tertiary/aromatic N) is 2. The summed E-state index contributed by atoms with van der Waals surface area (Å²) in [6, 6.07) is 21.6. The minimum atomic E-state index is -0.306. The number of hydrogen-bond acceptors (Lipinski definition) is 5. The van der Waals surface area contributed by atoms with Gasteiger partial charge in [0.25, 0.3) is 5.91 Å². The molecule has 3 unspecified atom stereocenters. The molecule has 2 heterocycles. The van der Waals surface area contributed by atoms with Gasteiger partial charge < -0.3 is 14.4 Å². The van der Waals surface area contributed by atoms with Gasteiger partial charge in [0, 0.05) is 31.7 Å². The molecular formula is C30H31FN2O4. The predicted octanol–water partition coefficient (Wildman–Crippen LogP) is 5.03. The topological polar surface area (TPSA) is 59.1 Å². The molecule has 1 fully saturated rings. The van der Waals surface area contributed by atoms with Crippen LogP contribution in [0.1, 0.15) is 47.9 Å². The SMILES string of the molecule is CC1CN(C(=O)COc2ccc3c(c2)C(=O)CC(c2ccccc2)O3)C(C)CN1Cc1ccc(F)cc1. The number of carbonyl (C=O) groups is 2. The van der Waals surface area contributed by atoms with Gasteiger partial charge in [-0.3, -0.25) is 14.5 Å². The highest BCUT2D eigenvalue weighted by atomic mass is 19.1. The third kappa shape index (κ3) is 5.67. The van der Waals surface area contributed by atoms with Crippen LogP contribution in [-0.4, -0.2) is 53.3 Å². The summed E-state index contributed by atoms with van der Waals surface area (Å²) in [4.78, 5) is 30.0. The average Bonchev–Trinajstić information content (AvgIpc) is 2.91. The molecular weight excluding hydrogens is 471 g/mol. The van der Waals surface area contributed by atoms with Crippen molar-refractivity contribution in [2.24, 2.45) is 0 Å². The summed E-state index contributed by atoms with van der Waals surface area (Å²) < 4.78 is 25.1. The van der Waals surface area contributed by atoms with E-state index in [2.05, 4.69) is 11.8 Å². The molecule has 5 rings (SSSR count). The van der Waals surface area contributed by atoms with Crippen molar-refractivity contribution in [3.63, 3.8) is 0 Å². The maximum atomic E-state index is 13.2. The first-order chi connectivity index (χ1) is 17.9. The Morgan fingerprint density at radius 1 is 1.00 bits per heavy atom. The van der Waals surface area contributed by atoms with Crippen LogP contribution in [0.15, 0.2) is 72.8 Å². The summed E-state index contributed by atoms with van der Waals surface area (Å²) in [7, 11) is 0. The summed E-state index contributed by atoms with van der Waals surface area (Å²) in [5, 5.41) is 0. The van der Waals surface area contributed by atoms with Crippen molar-refractivity contribution in [2.45, 2.75) is 45.0 Å². The molecule has 6 nitrogen and oxygen atoms in total. The third-order valence-electron chi connectivity index (χ3n) is 7.16. The van der Waals surface area contributed by atoms with Crippen molar-refractivity contribution in [3.8, 4) is 11.5 Å². The molecule has 0 spiro atoms. The lowest BCUT2D eigenvalue weighted by Crippen LogP contribution is -2.58. The van der Waals surface area contributed by atoms with Crippen molar-refractivity contribution in [1.82, 2.24) is 9.80 Å².